The number of halogens is 1. The van der Waals surface area contributed by atoms with Crippen molar-refractivity contribution in [1.82, 2.24) is 9.88 Å². The predicted molar refractivity (Wildman–Crippen MR) is 100 cm³/mol. The first-order chi connectivity index (χ1) is 12.6. The summed E-state index contributed by atoms with van der Waals surface area (Å²) in [6.07, 6.45) is 1.74. The molecule has 4 heteroatoms. The molecule has 1 saturated heterocycles. The van der Waals surface area contributed by atoms with Gasteiger partial charge in [0.05, 0.1) is 11.6 Å². The fourth-order valence-electron chi connectivity index (χ4n) is 4.59. The Bertz CT molecular complexity index is 1020. The van der Waals surface area contributed by atoms with Crippen LogP contribution in [0, 0.1) is 11.7 Å². The van der Waals surface area contributed by atoms with Gasteiger partial charge < -0.3 is 9.88 Å². The Morgan fingerprint density at radius 2 is 2.08 bits per heavy atom. The number of hydrogen-bond donors (Lipinski definition) is 1. The van der Waals surface area contributed by atoms with Crippen molar-refractivity contribution in [3.05, 3.63) is 59.4 Å². The second-order valence-electron chi connectivity index (χ2n) is 7.70. The van der Waals surface area contributed by atoms with E-state index in [-0.39, 0.29) is 17.6 Å². The number of likely N-dealkylation sites (tertiary alicyclic amines) is 1. The number of aromatic amines is 1. The van der Waals surface area contributed by atoms with Gasteiger partial charge in [0.25, 0.3) is 0 Å². The SMILES string of the molecule is CC1CCN(C(=O)C2Cc3ccccc3-c3[nH]c4ccc(F)cc4c32)C1. The molecule has 1 aliphatic heterocycles. The number of amides is 1. The van der Waals surface area contributed by atoms with Crippen molar-refractivity contribution in [2.75, 3.05) is 13.1 Å². The number of nitrogens with zero attached hydrogens (tertiary/aromatic N) is 1. The molecule has 0 saturated carbocycles. The van der Waals surface area contributed by atoms with Crippen LogP contribution < -0.4 is 0 Å². The molecule has 5 rings (SSSR count). The lowest BCUT2D eigenvalue weighted by Crippen LogP contribution is -2.35. The van der Waals surface area contributed by atoms with Crippen molar-refractivity contribution in [3.63, 3.8) is 0 Å². The normalized spacial score (nSPS) is 21.7. The van der Waals surface area contributed by atoms with E-state index in [1.165, 1.54) is 11.6 Å². The molecular formula is C22H21FN2O. The van der Waals surface area contributed by atoms with Gasteiger partial charge in [-0.1, -0.05) is 31.2 Å². The summed E-state index contributed by atoms with van der Waals surface area (Å²) < 4.78 is 14.0. The number of aromatic nitrogens is 1. The van der Waals surface area contributed by atoms with Crippen LogP contribution in [0.25, 0.3) is 22.2 Å². The van der Waals surface area contributed by atoms with Crippen LogP contribution in [-0.2, 0) is 11.2 Å². The van der Waals surface area contributed by atoms with Crippen LogP contribution in [0.4, 0.5) is 4.39 Å². The topological polar surface area (TPSA) is 36.1 Å². The summed E-state index contributed by atoms with van der Waals surface area (Å²) in [5, 5.41) is 0.833. The van der Waals surface area contributed by atoms with Crippen LogP contribution in [0.5, 0.6) is 0 Å². The summed E-state index contributed by atoms with van der Waals surface area (Å²) in [6, 6.07) is 13.0. The van der Waals surface area contributed by atoms with Gasteiger partial charge in [-0.25, -0.2) is 4.39 Å². The Balaban J connectivity index is 1.70. The highest BCUT2D eigenvalue weighted by atomic mass is 19.1. The van der Waals surface area contributed by atoms with Crippen LogP contribution in [0.15, 0.2) is 42.5 Å². The van der Waals surface area contributed by atoms with Gasteiger partial charge >= 0.3 is 0 Å². The Morgan fingerprint density at radius 3 is 2.88 bits per heavy atom. The first-order valence-electron chi connectivity index (χ1n) is 9.30. The average Bonchev–Trinajstić information content (AvgIpc) is 3.24. The van der Waals surface area contributed by atoms with Gasteiger partial charge in [-0.15, -0.1) is 0 Å². The van der Waals surface area contributed by atoms with Crippen molar-refractivity contribution < 1.29 is 9.18 Å². The number of benzene rings is 2. The van der Waals surface area contributed by atoms with Gasteiger partial charge in [0.1, 0.15) is 5.82 Å². The maximum atomic E-state index is 14.0. The van der Waals surface area contributed by atoms with Crippen LogP contribution in [-0.4, -0.2) is 28.9 Å². The van der Waals surface area contributed by atoms with E-state index in [0.29, 0.717) is 12.3 Å². The molecular weight excluding hydrogens is 327 g/mol. The molecule has 1 N–H and O–H groups in total. The molecule has 2 atom stereocenters. The van der Waals surface area contributed by atoms with E-state index in [4.69, 9.17) is 0 Å². The Hall–Kier alpha value is -2.62. The van der Waals surface area contributed by atoms with Crippen LogP contribution in [0.3, 0.4) is 0 Å². The van der Waals surface area contributed by atoms with E-state index in [9.17, 15) is 9.18 Å². The van der Waals surface area contributed by atoms with Crippen LogP contribution in [0.2, 0.25) is 0 Å². The average molecular weight is 348 g/mol. The Morgan fingerprint density at radius 1 is 1.23 bits per heavy atom. The predicted octanol–water partition coefficient (Wildman–Crippen LogP) is 4.48. The minimum absolute atomic E-state index is 0.176. The molecule has 1 aromatic heterocycles. The van der Waals surface area contributed by atoms with E-state index < -0.39 is 0 Å². The molecule has 3 nitrogen and oxygen atoms in total. The van der Waals surface area contributed by atoms with E-state index in [2.05, 4.69) is 24.0 Å². The molecule has 0 spiro atoms. The number of nitrogens with one attached hydrogen (secondary N) is 1. The molecule has 2 aliphatic rings. The minimum Gasteiger partial charge on any atom is -0.354 e. The molecule has 1 aliphatic carbocycles. The minimum atomic E-state index is -0.265. The summed E-state index contributed by atoms with van der Waals surface area (Å²) in [7, 11) is 0. The van der Waals surface area contributed by atoms with Crippen molar-refractivity contribution in [2.45, 2.75) is 25.7 Å². The first-order valence-corrected chi connectivity index (χ1v) is 9.30. The number of carbonyl (C=O) groups excluding carboxylic acids is 1. The molecule has 0 radical (unpaired) electrons. The van der Waals surface area contributed by atoms with Crippen LogP contribution >= 0.6 is 0 Å². The molecule has 1 fully saturated rings. The third-order valence-electron chi connectivity index (χ3n) is 5.89. The zero-order valence-corrected chi connectivity index (χ0v) is 14.8. The summed E-state index contributed by atoms with van der Waals surface area (Å²) in [4.78, 5) is 18.8. The summed E-state index contributed by atoms with van der Waals surface area (Å²) in [6.45, 7) is 3.84. The lowest BCUT2D eigenvalue weighted by Gasteiger charge is -2.28. The second-order valence-corrected chi connectivity index (χ2v) is 7.70. The third-order valence-corrected chi connectivity index (χ3v) is 5.89. The van der Waals surface area contributed by atoms with Gasteiger partial charge in [-0.05, 0) is 48.1 Å². The molecule has 1 amide bonds. The zero-order chi connectivity index (χ0) is 17.8. The molecule has 2 unspecified atom stereocenters. The quantitative estimate of drug-likeness (QED) is 0.691. The molecule has 132 valence electrons. The lowest BCUT2D eigenvalue weighted by molar-refractivity contribution is -0.131. The Kier molecular flexibility index (Phi) is 3.42. The van der Waals surface area contributed by atoms with Crippen LogP contribution in [0.1, 0.15) is 30.4 Å². The van der Waals surface area contributed by atoms with Gasteiger partial charge in [0.2, 0.25) is 5.91 Å². The number of carbonyl (C=O) groups is 1. The highest BCUT2D eigenvalue weighted by Crippen LogP contribution is 2.44. The molecule has 2 aromatic carbocycles. The van der Waals surface area contributed by atoms with Crippen molar-refractivity contribution in [1.29, 1.82) is 0 Å². The van der Waals surface area contributed by atoms with Gasteiger partial charge in [-0.3, -0.25) is 4.79 Å². The third kappa shape index (κ3) is 2.28. The van der Waals surface area contributed by atoms with E-state index in [1.807, 2.05) is 17.0 Å². The van der Waals surface area contributed by atoms with Gasteiger partial charge in [-0.2, -0.15) is 0 Å². The molecule has 26 heavy (non-hydrogen) atoms. The monoisotopic (exact) mass is 348 g/mol. The summed E-state index contributed by atoms with van der Waals surface area (Å²) in [5.74, 6) is 0.213. The molecule has 0 bridgehead atoms. The molecule has 3 aromatic rings. The highest BCUT2D eigenvalue weighted by Gasteiger charge is 2.36. The van der Waals surface area contributed by atoms with Crippen molar-refractivity contribution >= 4 is 16.8 Å². The van der Waals surface area contributed by atoms with Gasteiger partial charge in [0, 0.05) is 29.6 Å². The van der Waals surface area contributed by atoms with Crippen molar-refractivity contribution in [3.8, 4) is 11.3 Å². The maximum Gasteiger partial charge on any atom is 0.230 e. The Labute approximate surface area is 151 Å². The molecule has 2 heterocycles. The summed E-state index contributed by atoms with van der Waals surface area (Å²) in [5.41, 5.74) is 5.12. The number of rotatable bonds is 1. The number of hydrogen-bond acceptors (Lipinski definition) is 1. The maximum absolute atomic E-state index is 14.0. The largest absolute Gasteiger partial charge is 0.354 e. The van der Waals surface area contributed by atoms with E-state index in [0.717, 1.165) is 47.2 Å². The fraction of sp³-hybridized carbons (Fsp3) is 0.318. The summed E-state index contributed by atoms with van der Waals surface area (Å²) >= 11 is 0. The van der Waals surface area contributed by atoms with E-state index >= 15 is 0 Å². The highest BCUT2D eigenvalue weighted by molar-refractivity contribution is 5.99. The number of fused-ring (bicyclic) bond motifs is 5. The second kappa shape index (κ2) is 5.70. The smallest absolute Gasteiger partial charge is 0.230 e. The van der Waals surface area contributed by atoms with E-state index in [1.54, 1.807) is 12.1 Å². The fourth-order valence-corrected chi connectivity index (χ4v) is 4.59. The first kappa shape index (κ1) is 15.6. The van der Waals surface area contributed by atoms with Gasteiger partial charge in [0.15, 0.2) is 0 Å². The standard InChI is InChI=1S/C22H21FN2O/c1-13-8-9-25(12-13)22(26)18-10-14-4-2-3-5-16(14)21-20(18)17-11-15(23)6-7-19(17)24-21/h2-7,11,13,18,24H,8-10,12H2,1H3. The lowest BCUT2D eigenvalue weighted by atomic mass is 9.80. The number of H-pyrrole nitrogens is 1. The van der Waals surface area contributed by atoms with Crippen molar-refractivity contribution in [2.24, 2.45) is 5.92 Å². The zero-order valence-electron chi connectivity index (χ0n) is 14.8.